The highest BCUT2D eigenvalue weighted by molar-refractivity contribution is 5.80. The third-order valence-corrected chi connectivity index (χ3v) is 4.32. The first kappa shape index (κ1) is 21.4. The molecule has 0 fully saturated rings. The molecule has 2 rings (SSSR count). The minimum atomic E-state index is 0.776. The van der Waals surface area contributed by atoms with E-state index in [-0.39, 0.29) is 0 Å². The Bertz CT molecular complexity index is 732. The Morgan fingerprint density at radius 3 is 1.43 bits per heavy atom. The Kier molecular flexibility index (Phi) is 8.99. The molecule has 0 bridgehead atoms. The van der Waals surface area contributed by atoms with Crippen molar-refractivity contribution in [3.8, 4) is 0 Å². The molecule has 4 nitrogen and oxygen atoms in total. The lowest BCUT2D eigenvalue weighted by Gasteiger charge is -2.08. The number of aryl methyl sites for hydroxylation is 2. The Hall–Kier alpha value is -2.88. The van der Waals surface area contributed by atoms with E-state index >= 15 is 0 Å². The van der Waals surface area contributed by atoms with Gasteiger partial charge in [0.25, 0.3) is 0 Å². The van der Waals surface area contributed by atoms with Gasteiger partial charge in [-0.2, -0.15) is 10.2 Å². The highest BCUT2D eigenvalue weighted by Gasteiger charge is 1.97. The summed E-state index contributed by atoms with van der Waals surface area (Å²) in [7, 11) is 0. The molecule has 148 valence electrons. The van der Waals surface area contributed by atoms with Crippen molar-refractivity contribution in [3.05, 3.63) is 82.2 Å². The van der Waals surface area contributed by atoms with Crippen LogP contribution in [0.2, 0.25) is 0 Å². The van der Waals surface area contributed by atoms with Gasteiger partial charge in [-0.3, -0.25) is 10.9 Å². The fourth-order valence-electron chi connectivity index (χ4n) is 2.71. The van der Waals surface area contributed by atoms with Gasteiger partial charge < -0.3 is 0 Å². The number of hydrazone groups is 2. The molecule has 0 heterocycles. The Morgan fingerprint density at radius 1 is 0.714 bits per heavy atom. The van der Waals surface area contributed by atoms with Gasteiger partial charge in [-0.1, -0.05) is 75.2 Å². The van der Waals surface area contributed by atoms with E-state index in [0.717, 1.165) is 48.2 Å². The molecular weight excluding hydrogens is 344 g/mol. The monoisotopic (exact) mass is 376 g/mol. The van der Waals surface area contributed by atoms with Gasteiger partial charge >= 0.3 is 0 Å². The average molecular weight is 377 g/mol. The van der Waals surface area contributed by atoms with Crippen LogP contribution in [0.25, 0.3) is 0 Å². The van der Waals surface area contributed by atoms with Crippen molar-refractivity contribution in [3.63, 3.8) is 0 Å². The van der Waals surface area contributed by atoms with Gasteiger partial charge in [-0.25, -0.2) is 0 Å². The maximum atomic E-state index is 4.33. The van der Waals surface area contributed by atoms with Crippen molar-refractivity contribution in [2.45, 2.75) is 53.4 Å². The van der Waals surface area contributed by atoms with Gasteiger partial charge in [-0.05, 0) is 54.5 Å². The second-order valence-electron chi connectivity index (χ2n) is 7.10. The lowest BCUT2D eigenvalue weighted by atomic mass is 10.1. The molecule has 0 saturated heterocycles. The summed E-state index contributed by atoms with van der Waals surface area (Å²) < 4.78 is 0. The van der Waals surface area contributed by atoms with Crippen LogP contribution in [-0.4, -0.2) is 12.4 Å². The second kappa shape index (κ2) is 11.8. The molecule has 0 atom stereocenters. The van der Waals surface area contributed by atoms with Gasteiger partial charge in [0.2, 0.25) is 0 Å². The predicted octanol–water partition coefficient (Wildman–Crippen LogP) is 5.39. The smallest absolute Gasteiger partial charge is 0.138 e. The Balaban J connectivity index is 1.90. The van der Waals surface area contributed by atoms with Crippen LogP contribution in [0, 0.1) is 0 Å². The number of hydrogen-bond donors (Lipinski definition) is 2. The van der Waals surface area contributed by atoms with E-state index < -0.39 is 0 Å². The van der Waals surface area contributed by atoms with Crippen LogP contribution in [0.1, 0.15) is 62.8 Å². The van der Waals surface area contributed by atoms with Crippen LogP contribution in [0.15, 0.2) is 70.1 Å². The second-order valence-corrected chi connectivity index (χ2v) is 7.10. The zero-order chi connectivity index (χ0) is 20.2. The number of nitrogens with zero attached hydrogens (tertiary/aromatic N) is 2. The largest absolute Gasteiger partial charge is 0.262 e. The summed E-state index contributed by atoms with van der Waals surface area (Å²) in [6, 6.07) is 17.0. The number of rotatable bonds is 10. The number of allylic oxidation sites excluding steroid dienone is 1. The fourth-order valence-corrected chi connectivity index (χ4v) is 2.71. The summed E-state index contributed by atoms with van der Waals surface area (Å²) in [5.41, 5.74) is 12.0. The molecule has 0 unspecified atom stereocenters. The molecule has 0 aromatic heterocycles. The van der Waals surface area contributed by atoms with Crippen LogP contribution in [0.4, 0.5) is 0 Å². The minimum Gasteiger partial charge on any atom is -0.262 e. The van der Waals surface area contributed by atoms with Crippen molar-refractivity contribution < 1.29 is 0 Å². The summed E-state index contributed by atoms with van der Waals surface area (Å²) in [4.78, 5) is 0. The number of benzene rings is 2. The van der Waals surface area contributed by atoms with Crippen LogP contribution < -0.4 is 10.9 Å². The molecule has 28 heavy (non-hydrogen) atoms. The summed E-state index contributed by atoms with van der Waals surface area (Å²) in [5, 5.41) is 8.65. The van der Waals surface area contributed by atoms with E-state index in [0.29, 0.717) is 0 Å². The van der Waals surface area contributed by atoms with E-state index in [2.05, 4.69) is 83.4 Å². The van der Waals surface area contributed by atoms with Crippen LogP contribution >= 0.6 is 0 Å². The zero-order valence-corrected chi connectivity index (χ0v) is 17.5. The van der Waals surface area contributed by atoms with Crippen LogP contribution in [-0.2, 0) is 12.8 Å². The van der Waals surface area contributed by atoms with E-state index in [9.17, 15) is 0 Å². The first-order valence-electron chi connectivity index (χ1n) is 10.1. The number of hydrogen-bond acceptors (Lipinski definition) is 4. The molecule has 2 aromatic carbocycles. The van der Waals surface area contributed by atoms with Gasteiger partial charge in [0.1, 0.15) is 5.82 Å². The highest BCUT2D eigenvalue weighted by Crippen LogP contribution is 2.06. The third-order valence-electron chi connectivity index (χ3n) is 4.32. The summed E-state index contributed by atoms with van der Waals surface area (Å²) in [6.45, 7) is 8.41. The lowest BCUT2D eigenvalue weighted by Crippen LogP contribution is -2.20. The molecule has 0 saturated carbocycles. The molecule has 4 heteroatoms. The molecule has 0 amide bonds. The number of nitrogens with one attached hydrogen (secondary N) is 2. The van der Waals surface area contributed by atoms with Crippen LogP contribution in [0.5, 0.6) is 0 Å². The molecule has 2 aromatic rings. The van der Waals surface area contributed by atoms with Gasteiger partial charge in [0.15, 0.2) is 0 Å². The molecule has 2 N–H and O–H groups in total. The maximum Gasteiger partial charge on any atom is 0.138 e. The quantitative estimate of drug-likeness (QED) is 0.431. The first-order chi connectivity index (χ1) is 13.6. The predicted molar refractivity (Wildman–Crippen MR) is 121 cm³/mol. The molecule has 0 radical (unpaired) electrons. The minimum absolute atomic E-state index is 0.776. The molecule has 0 aliphatic carbocycles. The van der Waals surface area contributed by atoms with E-state index in [1.807, 2.05) is 26.3 Å². The van der Waals surface area contributed by atoms with Crippen molar-refractivity contribution in [2.75, 3.05) is 0 Å². The van der Waals surface area contributed by atoms with E-state index in [1.165, 1.54) is 11.1 Å². The summed E-state index contributed by atoms with van der Waals surface area (Å²) in [6.07, 6.45) is 8.18. The maximum absolute atomic E-state index is 4.33. The van der Waals surface area contributed by atoms with Crippen LogP contribution in [0.3, 0.4) is 0 Å². The average Bonchev–Trinajstić information content (AvgIpc) is 2.69. The van der Waals surface area contributed by atoms with Crippen molar-refractivity contribution in [2.24, 2.45) is 10.2 Å². The van der Waals surface area contributed by atoms with Gasteiger partial charge in [0, 0.05) is 0 Å². The summed E-state index contributed by atoms with van der Waals surface area (Å²) in [5.74, 6) is 0.776. The van der Waals surface area contributed by atoms with Crippen molar-refractivity contribution in [1.29, 1.82) is 0 Å². The molecule has 0 aliphatic rings. The highest BCUT2D eigenvalue weighted by atomic mass is 15.4. The van der Waals surface area contributed by atoms with E-state index in [4.69, 9.17) is 0 Å². The normalized spacial score (nSPS) is 11.1. The third kappa shape index (κ3) is 7.39. The molecule has 0 spiro atoms. The Morgan fingerprint density at radius 2 is 1.11 bits per heavy atom. The van der Waals surface area contributed by atoms with Crippen molar-refractivity contribution in [1.82, 2.24) is 10.9 Å². The standard InChI is InChI=1S/C24H32N4/c1-5-7-20-9-13-22(14-10-20)17-25-27-24(19(3)4)28-26-18-23-15-11-21(8-6-2)12-16-23/h9-18,27-28H,5-8H2,1-4H3/b25-17+,26-18+. The topological polar surface area (TPSA) is 48.8 Å². The lowest BCUT2D eigenvalue weighted by molar-refractivity contribution is 0.730. The van der Waals surface area contributed by atoms with Gasteiger partial charge in [0.05, 0.1) is 12.4 Å². The van der Waals surface area contributed by atoms with Gasteiger partial charge in [-0.15, -0.1) is 0 Å². The summed E-state index contributed by atoms with van der Waals surface area (Å²) >= 11 is 0. The Labute approximate surface area is 169 Å². The zero-order valence-electron chi connectivity index (χ0n) is 17.5. The first-order valence-corrected chi connectivity index (χ1v) is 10.1. The molecular formula is C24H32N4. The van der Waals surface area contributed by atoms with Crippen molar-refractivity contribution >= 4 is 12.4 Å². The van der Waals surface area contributed by atoms with E-state index in [1.54, 1.807) is 0 Å². The fraction of sp³-hybridized carbons (Fsp3) is 0.333. The SMILES string of the molecule is CCCc1ccc(/C=N/NC(N/N=C/c2ccc(CCC)cc2)=C(C)C)cc1. The molecule has 0 aliphatic heterocycles.